The topological polar surface area (TPSA) is 85.2 Å². The Morgan fingerprint density at radius 3 is 2.75 bits per heavy atom. The monoisotopic (exact) mass is 399 g/mol. The van der Waals surface area contributed by atoms with E-state index < -0.39 is 5.56 Å². The highest BCUT2D eigenvalue weighted by atomic mass is 32.2. The van der Waals surface area contributed by atoms with Gasteiger partial charge in [-0.05, 0) is 31.9 Å². The second kappa shape index (κ2) is 9.73. The van der Waals surface area contributed by atoms with Crippen molar-refractivity contribution in [2.75, 3.05) is 52.6 Å². The van der Waals surface area contributed by atoms with Crippen molar-refractivity contribution in [3.63, 3.8) is 0 Å². The van der Waals surface area contributed by atoms with E-state index in [1.54, 1.807) is 0 Å². The number of benzene rings is 1. The first-order valence-corrected chi connectivity index (χ1v) is 10.6. The Bertz CT molecular complexity index is 900. The maximum Gasteiger partial charge on any atom is 0.270 e. The van der Waals surface area contributed by atoms with Gasteiger partial charge in [0.15, 0.2) is 5.16 Å². The van der Waals surface area contributed by atoms with E-state index in [1.165, 1.54) is 11.8 Å². The van der Waals surface area contributed by atoms with Crippen molar-refractivity contribution in [2.24, 2.45) is 0 Å². The molecular formula is C20H25N5O2S. The largest absolute Gasteiger partial charge is 0.493 e. The standard InChI is InChI=1S/C20H25N5O2S/c1-24-9-11-25(12-10-24)8-5-13-27-17-7-4-3-6-15(17)18-16(14-21)19(26)23-20(22-18)28-2/h3-4,6-7H,5,8-13H2,1-2H3,(H,22,23,26). The van der Waals surface area contributed by atoms with Crippen LogP contribution in [0.25, 0.3) is 11.3 Å². The molecule has 1 aliphatic rings. The molecule has 1 N–H and O–H groups in total. The Morgan fingerprint density at radius 2 is 2.04 bits per heavy atom. The molecule has 0 atom stereocenters. The minimum Gasteiger partial charge on any atom is -0.493 e. The highest BCUT2D eigenvalue weighted by Gasteiger charge is 2.17. The zero-order chi connectivity index (χ0) is 19.9. The molecule has 0 radical (unpaired) electrons. The van der Waals surface area contributed by atoms with Crippen molar-refractivity contribution in [3.05, 3.63) is 40.2 Å². The van der Waals surface area contributed by atoms with Gasteiger partial charge in [-0.3, -0.25) is 4.79 Å². The van der Waals surface area contributed by atoms with Crippen LogP contribution >= 0.6 is 11.8 Å². The summed E-state index contributed by atoms with van der Waals surface area (Å²) in [4.78, 5) is 24.1. The second-order valence-electron chi connectivity index (χ2n) is 6.75. The average Bonchev–Trinajstić information content (AvgIpc) is 2.72. The number of para-hydroxylation sites is 1. The number of rotatable bonds is 7. The number of hydrogen-bond donors (Lipinski definition) is 1. The molecule has 0 spiro atoms. The smallest absolute Gasteiger partial charge is 0.270 e. The third-order valence-electron chi connectivity index (χ3n) is 4.82. The van der Waals surface area contributed by atoms with Crippen LogP contribution in [0.5, 0.6) is 5.75 Å². The van der Waals surface area contributed by atoms with Gasteiger partial charge < -0.3 is 19.5 Å². The molecule has 1 fully saturated rings. The summed E-state index contributed by atoms with van der Waals surface area (Å²) >= 11 is 1.33. The Hall–Kier alpha value is -2.34. The number of piperazine rings is 1. The number of nitrogens with one attached hydrogen (secondary N) is 1. The first-order chi connectivity index (χ1) is 13.6. The van der Waals surface area contributed by atoms with Gasteiger partial charge >= 0.3 is 0 Å². The number of likely N-dealkylation sites (N-methyl/N-ethyl adjacent to an activating group) is 1. The summed E-state index contributed by atoms with van der Waals surface area (Å²) in [5.74, 6) is 0.641. The molecular weight excluding hydrogens is 374 g/mol. The maximum atomic E-state index is 12.2. The molecule has 8 heteroatoms. The van der Waals surface area contributed by atoms with Crippen LogP contribution in [0.2, 0.25) is 0 Å². The van der Waals surface area contributed by atoms with E-state index in [0.717, 1.165) is 39.1 Å². The van der Waals surface area contributed by atoms with Crippen molar-refractivity contribution in [1.29, 1.82) is 5.26 Å². The maximum absolute atomic E-state index is 12.2. The predicted molar refractivity (Wildman–Crippen MR) is 111 cm³/mol. The summed E-state index contributed by atoms with van der Waals surface area (Å²) in [7, 11) is 2.15. The molecule has 148 valence electrons. The van der Waals surface area contributed by atoms with Gasteiger partial charge in [-0.25, -0.2) is 4.98 Å². The molecule has 1 aliphatic heterocycles. The summed E-state index contributed by atoms with van der Waals surface area (Å²) < 4.78 is 6.01. The van der Waals surface area contributed by atoms with Crippen LogP contribution in [0.1, 0.15) is 12.0 Å². The van der Waals surface area contributed by atoms with Gasteiger partial charge in [0.1, 0.15) is 23.1 Å². The van der Waals surface area contributed by atoms with Gasteiger partial charge in [0.2, 0.25) is 0 Å². The molecule has 7 nitrogen and oxygen atoms in total. The Morgan fingerprint density at radius 1 is 1.29 bits per heavy atom. The molecule has 2 aromatic rings. The lowest BCUT2D eigenvalue weighted by molar-refractivity contribution is 0.145. The lowest BCUT2D eigenvalue weighted by Crippen LogP contribution is -2.44. The molecule has 0 saturated carbocycles. The van der Waals surface area contributed by atoms with E-state index in [0.29, 0.717) is 28.8 Å². The molecule has 1 aromatic carbocycles. The first kappa shape index (κ1) is 20.4. The van der Waals surface area contributed by atoms with E-state index in [2.05, 4.69) is 26.8 Å². The fourth-order valence-corrected chi connectivity index (χ4v) is 3.56. The summed E-state index contributed by atoms with van der Waals surface area (Å²) in [5.41, 5.74) is 0.610. The quantitative estimate of drug-likeness (QED) is 0.433. The van der Waals surface area contributed by atoms with E-state index in [-0.39, 0.29) is 5.56 Å². The number of aromatic amines is 1. The number of thioether (sulfide) groups is 1. The minimum atomic E-state index is -0.429. The molecule has 3 rings (SSSR count). The zero-order valence-corrected chi connectivity index (χ0v) is 17.1. The highest BCUT2D eigenvalue weighted by molar-refractivity contribution is 7.98. The highest BCUT2D eigenvalue weighted by Crippen LogP contribution is 2.30. The molecule has 1 saturated heterocycles. The van der Waals surface area contributed by atoms with E-state index in [4.69, 9.17) is 4.74 Å². The van der Waals surface area contributed by atoms with Crippen molar-refractivity contribution < 1.29 is 4.74 Å². The van der Waals surface area contributed by atoms with E-state index >= 15 is 0 Å². The van der Waals surface area contributed by atoms with Crippen molar-refractivity contribution in [2.45, 2.75) is 11.6 Å². The number of H-pyrrole nitrogens is 1. The third kappa shape index (κ3) is 4.93. The normalized spacial score (nSPS) is 15.3. The number of nitriles is 1. The minimum absolute atomic E-state index is 0.00582. The van der Waals surface area contributed by atoms with Gasteiger partial charge in [0.25, 0.3) is 5.56 Å². The predicted octanol–water partition coefficient (Wildman–Crippen LogP) is 2.05. The Kier molecular flexibility index (Phi) is 7.09. The van der Waals surface area contributed by atoms with Crippen LogP contribution in [0, 0.1) is 11.3 Å². The second-order valence-corrected chi connectivity index (χ2v) is 7.55. The third-order valence-corrected chi connectivity index (χ3v) is 5.40. The number of aromatic nitrogens is 2. The van der Waals surface area contributed by atoms with Gasteiger partial charge in [0.05, 0.1) is 6.61 Å². The molecule has 0 unspecified atom stereocenters. The molecule has 0 aliphatic carbocycles. The van der Waals surface area contributed by atoms with Crippen LogP contribution in [-0.2, 0) is 0 Å². The van der Waals surface area contributed by atoms with Crippen LogP contribution < -0.4 is 10.3 Å². The van der Waals surface area contributed by atoms with Crippen LogP contribution in [0.4, 0.5) is 0 Å². The van der Waals surface area contributed by atoms with Gasteiger partial charge in [-0.15, -0.1) is 0 Å². The molecule has 2 heterocycles. The molecule has 1 aromatic heterocycles. The van der Waals surface area contributed by atoms with Crippen molar-refractivity contribution in [1.82, 2.24) is 19.8 Å². The van der Waals surface area contributed by atoms with Gasteiger partial charge in [0, 0.05) is 38.3 Å². The zero-order valence-electron chi connectivity index (χ0n) is 16.3. The lowest BCUT2D eigenvalue weighted by Gasteiger charge is -2.32. The number of ether oxygens (including phenoxy) is 1. The summed E-state index contributed by atoms with van der Waals surface area (Å²) in [6, 6.07) is 9.40. The summed E-state index contributed by atoms with van der Waals surface area (Å²) in [5, 5.41) is 9.90. The van der Waals surface area contributed by atoms with E-state index in [1.807, 2.05) is 36.6 Å². The summed E-state index contributed by atoms with van der Waals surface area (Å²) in [6.45, 7) is 5.96. The van der Waals surface area contributed by atoms with Crippen molar-refractivity contribution >= 4 is 11.8 Å². The summed E-state index contributed by atoms with van der Waals surface area (Å²) in [6.07, 6.45) is 2.75. The first-order valence-electron chi connectivity index (χ1n) is 9.34. The lowest BCUT2D eigenvalue weighted by atomic mass is 10.1. The van der Waals surface area contributed by atoms with Gasteiger partial charge in [-0.2, -0.15) is 5.26 Å². The van der Waals surface area contributed by atoms with Crippen LogP contribution in [0.15, 0.2) is 34.2 Å². The number of hydrogen-bond acceptors (Lipinski definition) is 7. The fraction of sp³-hybridized carbons (Fsp3) is 0.450. The molecule has 0 bridgehead atoms. The number of nitrogens with zero attached hydrogens (tertiary/aromatic N) is 4. The van der Waals surface area contributed by atoms with Crippen LogP contribution in [-0.4, -0.2) is 72.4 Å². The van der Waals surface area contributed by atoms with Crippen LogP contribution in [0.3, 0.4) is 0 Å². The molecule has 28 heavy (non-hydrogen) atoms. The Balaban J connectivity index is 1.71. The van der Waals surface area contributed by atoms with Gasteiger partial charge in [-0.1, -0.05) is 23.9 Å². The Labute approximate surface area is 169 Å². The average molecular weight is 400 g/mol. The van der Waals surface area contributed by atoms with Crippen molar-refractivity contribution in [3.8, 4) is 23.1 Å². The SMILES string of the molecule is CSc1nc(-c2ccccc2OCCCN2CCN(C)CC2)c(C#N)c(=O)[nH]1. The van der Waals surface area contributed by atoms with E-state index in [9.17, 15) is 10.1 Å². The molecule has 0 amide bonds. The fourth-order valence-electron chi connectivity index (χ4n) is 3.18.